The van der Waals surface area contributed by atoms with Crippen molar-refractivity contribution < 1.29 is 0 Å². The van der Waals surface area contributed by atoms with Crippen LogP contribution in [0, 0.1) is 11.3 Å². The van der Waals surface area contributed by atoms with Crippen LogP contribution in [-0.4, -0.2) is 25.1 Å². The van der Waals surface area contributed by atoms with Crippen molar-refractivity contribution in [2.75, 3.05) is 25.0 Å². The Morgan fingerprint density at radius 2 is 2.14 bits per heavy atom. The molecule has 0 amide bonds. The molecule has 4 heteroatoms. The molecule has 0 radical (unpaired) electrons. The van der Waals surface area contributed by atoms with Gasteiger partial charge in [0, 0.05) is 24.5 Å². The van der Waals surface area contributed by atoms with Crippen molar-refractivity contribution in [3.63, 3.8) is 0 Å². The minimum atomic E-state index is 0.348. The highest BCUT2D eigenvalue weighted by Gasteiger charge is 2.35. The molecule has 1 aliphatic rings. The van der Waals surface area contributed by atoms with Crippen LogP contribution < -0.4 is 10.2 Å². The Bertz CT molecular complexity index is 467. The highest BCUT2D eigenvalue weighted by Crippen LogP contribution is 2.44. The Labute approximate surface area is 134 Å². The van der Waals surface area contributed by atoms with Crippen molar-refractivity contribution in [3.8, 4) is 0 Å². The number of fused-ring (bicyclic) bond motifs is 1. The van der Waals surface area contributed by atoms with Gasteiger partial charge in [-0.1, -0.05) is 52.4 Å². The second kappa shape index (κ2) is 6.66. The third-order valence-electron chi connectivity index (χ3n) is 4.49. The fourth-order valence-electron chi connectivity index (χ4n) is 3.17. The number of hydrogen-bond acceptors (Lipinski definition) is 4. The molecule has 0 bridgehead atoms. The van der Waals surface area contributed by atoms with Crippen molar-refractivity contribution in [2.24, 2.45) is 11.3 Å². The molecule has 0 fully saturated rings. The second-order valence-corrected chi connectivity index (χ2v) is 8.37. The van der Waals surface area contributed by atoms with Gasteiger partial charge in [0.25, 0.3) is 0 Å². The minimum Gasteiger partial charge on any atom is -0.351 e. The van der Waals surface area contributed by atoms with E-state index in [1.54, 1.807) is 0 Å². The summed E-state index contributed by atoms with van der Waals surface area (Å²) in [6, 6.07) is 0.483. The van der Waals surface area contributed by atoms with Crippen LogP contribution in [0.25, 0.3) is 0 Å². The molecule has 120 valence electrons. The van der Waals surface area contributed by atoms with E-state index in [0.29, 0.717) is 11.5 Å². The first-order valence-corrected chi connectivity index (χ1v) is 9.12. The molecule has 0 aromatic carbocycles. The van der Waals surface area contributed by atoms with E-state index >= 15 is 0 Å². The fraction of sp³-hybridized carbons (Fsp3) is 0.824. The van der Waals surface area contributed by atoms with Gasteiger partial charge in [-0.25, -0.2) is 4.98 Å². The number of nitrogens with one attached hydrogen (secondary N) is 1. The van der Waals surface area contributed by atoms with Gasteiger partial charge in [-0.05, 0) is 30.7 Å². The predicted octanol–water partition coefficient (Wildman–Crippen LogP) is 4.25. The van der Waals surface area contributed by atoms with Gasteiger partial charge >= 0.3 is 0 Å². The average molecular weight is 310 g/mol. The van der Waals surface area contributed by atoms with Crippen LogP contribution in [-0.2, 0) is 6.42 Å². The number of hydrogen-bond donors (Lipinski definition) is 1. The Hall–Kier alpha value is -0.610. The molecule has 3 nitrogen and oxygen atoms in total. The summed E-state index contributed by atoms with van der Waals surface area (Å²) in [5.74, 6) is 0.719. The first kappa shape index (κ1) is 16.8. The fourth-order valence-corrected chi connectivity index (χ4v) is 4.30. The Morgan fingerprint density at radius 3 is 2.76 bits per heavy atom. The van der Waals surface area contributed by atoms with E-state index in [9.17, 15) is 0 Å². The van der Waals surface area contributed by atoms with E-state index < -0.39 is 0 Å². The SMILES string of the molecule is CCNC1CC(C)(C)Cc2nc(N(C)CC(C)CC)sc21. The maximum absolute atomic E-state index is 4.97. The lowest BCUT2D eigenvalue weighted by Gasteiger charge is -2.34. The summed E-state index contributed by atoms with van der Waals surface area (Å²) in [6.07, 6.45) is 3.55. The third-order valence-corrected chi connectivity index (χ3v) is 5.82. The largest absolute Gasteiger partial charge is 0.351 e. The van der Waals surface area contributed by atoms with Crippen LogP contribution in [0.3, 0.4) is 0 Å². The lowest BCUT2D eigenvalue weighted by Crippen LogP contribution is -2.32. The smallest absolute Gasteiger partial charge is 0.185 e. The molecule has 21 heavy (non-hydrogen) atoms. The van der Waals surface area contributed by atoms with Gasteiger partial charge in [-0.15, -0.1) is 0 Å². The van der Waals surface area contributed by atoms with Crippen LogP contribution in [0.5, 0.6) is 0 Å². The summed E-state index contributed by atoms with van der Waals surface area (Å²) in [6.45, 7) is 13.6. The predicted molar refractivity (Wildman–Crippen MR) is 93.4 cm³/mol. The van der Waals surface area contributed by atoms with Crippen LogP contribution in [0.4, 0.5) is 5.13 Å². The summed E-state index contributed by atoms with van der Waals surface area (Å²) < 4.78 is 0. The van der Waals surface area contributed by atoms with Gasteiger partial charge in [-0.2, -0.15) is 0 Å². The van der Waals surface area contributed by atoms with Crippen LogP contribution >= 0.6 is 11.3 Å². The Kier molecular flexibility index (Phi) is 5.31. The molecular weight excluding hydrogens is 278 g/mol. The summed E-state index contributed by atoms with van der Waals surface area (Å²) >= 11 is 1.90. The molecule has 0 spiro atoms. The molecule has 0 saturated carbocycles. The van der Waals surface area contributed by atoms with E-state index in [0.717, 1.165) is 25.4 Å². The topological polar surface area (TPSA) is 28.2 Å². The van der Waals surface area contributed by atoms with E-state index in [1.165, 1.54) is 28.5 Å². The zero-order valence-electron chi connectivity index (χ0n) is 14.5. The summed E-state index contributed by atoms with van der Waals surface area (Å²) in [5.41, 5.74) is 1.67. The first-order chi connectivity index (χ1) is 9.86. The molecule has 0 saturated heterocycles. The van der Waals surface area contributed by atoms with E-state index in [1.807, 2.05) is 11.3 Å². The zero-order valence-corrected chi connectivity index (χ0v) is 15.3. The van der Waals surface area contributed by atoms with Crippen molar-refractivity contribution in [1.29, 1.82) is 0 Å². The summed E-state index contributed by atoms with van der Waals surface area (Å²) in [4.78, 5) is 8.79. The van der Waals surface area contributed by atoms with Gasteiger partial charge in [0.05, 0.1) is 5.69 Å². The normalized spacial score (nSPS) is 21.9. The summed E-state index contributed by atoms with van der Waals surface area (Å²) in [5, 5.41) is 4.85. The highest BCUT2D eigenvalue weighted by atomic mass is 32.1. The average Bonchev–Trinajstić information content (AvgIpc) is 2.81. The molecule has 1 N–H and O–H groups in total. The molecule has 1 aromatic rings. The molecule has 2 atom stereocenters. The van der Waals surface area contributed by atoms with Gasteiger partial charge in [0.1, 0.15) is 0 Å². The van der Waals surface area contributed by atoms with Gasteiger partial charge < -0.3 is 10.2 Å². The van der Waals surface area contributed by atoms with Crippen LogP contribution in [0.15, 0.2) is 0 Å². The molecule has 1 aromatic heterocycles. The molecule has 2 rings (SSSR count). The van der Waals surface area contributed by atoms with E-state index in [-0.39, 0.29) is 0 Å². The quantitative estimate of drug-likeness (QED) is 0.851. The van der Waals surface area contributed by atoms with E-state index in [4.69, 9.17) is 4.98 Å². The monoisotopic (exact) mass is 309 g/mol. The van der Waals surface area contributed by atoms with E-state index in [2.05, 4.69) is 51.9 Å². The number of nitrogens with zero attached hydrogens (tertiary/aromatic N) is 2. The van der Waals surface area contributed by atoms with Crippen LogP contribution in [0.1, 0.15) is 64.1 Å². The van der Waals surface area contributed by atoms with Crippen molar-refractivity contribution in [3.05, 3.63) is 10.6 Å². The molecule has 0 aliphatic heterocycles. The number of aromatic nitrogens is 1. The molecular formula is C17H31N3S. The molecule has 2 unspecified atom stereocenters. The lowest BCUT2D eigenvalue weighted by molar-refractivity contribution is 0.260. The molecule has 1 heterocycles. The first-order valence-electron chi connectivity index (χ1n) is 8.30. The third kappa shape index (κ3) is 3.98. The second-order valence-electron chi connectivity index (χ2n) is 7.36. The lowest BCUT2D eigenvalue weighted by atomic mass is 9.76. The minimum absolute atomic E-state index is 0.348. The van der Waals surface area contributed by atoms with Crippen LogP contribution in [0.2, 0.25) is 0 Å². The maximum Gasteiger partial charge on any atom is 0.185 e. The zero-order chi connectivity index (χ0) is 15.6. The van der Waals surface area contributed by atoms with Crippen molar-refractivity contribution in [1.82, 2.24) is 10.3 Å². The number of rotatable bonds is 6. The highest BCUT2D eigenvalue weighted by molar-refractivity contribution is 7.15. The van der Waals surface area contributed by atoms with Gasteiger partial charge in [0.15, 0.2) is 5.13 Å². The molecule has 1 aliphatic carbocycles. The standard InChI is InChI=1S/C17H31N3S/c1-7-12(3)11-20(6)16-19-14-10-17(4,5)9-13(18-8-2)15(14)21-16/h12-13,18H,7-11H2,1-6H3. The Balaban J connectivity index is 2.22. The number of anilines is 1. The van der Waals surface area contributed by atoms with Gasteiger partial charge in [0.2, 0.25) is 0 Å². The van der Waals surface area contributed by atoms with Gasteiger partial charge in [-0.3, -0.25) is 0 Å². The maximum atomic E-state index is 4.97. The van der Waals surface area contributed by atoms with Crippen molar-refractivity contribution >= 4 is 16.5 Å². The summed E-state index contributed by atoms with van der Waals surface area (Å²) in [7, 11) is 2.18. The van der Waals surface area contributed by atoms with Crippen molar-refractivity contribution in [2.45, 2.75) is 59.9 Å². The Morgan fingerprint density at radius 1 is 1.43 bits per heavy atom. The number of thiazole rings is 1.